The van der Waals surface area contributed by atoms with Crippen molar-refractivity contribution in [2.75, 3.05) is 26.4 Å². The summed E-state index contributed by atoms with van der Waals surface area (Å²) in [5.41, 5.74) is 1.08. The van der Waals surface area contributed by atoms with Crippen LogP contribution in [0.4, 0.5) is 0 Å². The summed E-state index contributed by atoms with van der Waals surface area (Å²) in [6.07, 6.45) is 6.68. The maximum absolute atomic E-state index is 11.4. The summed E-state index contributed by atoms with van der Waals surface area (Å²) in [6.45, 7) is 2.39. The van der Waals surface area contributed by atoms with Crippen molar-refractivity contribution in [3.05, 3.63) is 48.3 Å². The third-order valence-electron chi connectivity index (χ3n) is 3.70. The van der Waals surface area contributed by atoms with E-state index in [1.165, 1.54) is 6.26 Å². The Bertz CT molecular complexity index is 768. The predicted molar refractivity (Wildman–Crippen MR) is 99.5 cm³/mol. The summed E-state index contributed by atoms with van der Waals surface area (Å²) >= 11 is 0. The first kappa shape index (κ1) is 19.0. The van der Waals surface area contributed by atoms with Crippen molar-refractivity contribution in [2.24, 2.45) is 4.99 Å². The average molecular weight is 363 g/mol. The van der Waals surface area contributed by atoms with Gasteiger partial charge in [-0.25, -0.2) is 8.42 Å². The molecule has 1 aromatic heterocycles. The van der Waals surface area contributed by atoms with Gasteiger partial charge in [-0.3, -0.25) is 9.67 Å². The van der Waals surface area contributed by atoms with Gasteiger partial charge in [0.2, 0.25) is 0 Å². The molecule has 0 amide bonds. The second-order valence-corrected chi connectivity index (χ2v) is 7.73. The molecular weight excluding hydrogens is 338 g/mol. The summed E-state index contributed by atoms with van der Waals surface area (Å²) in [4.78, 5) is 4.54. The van der Waals surface area contributed by atoms with E-state index in [1.54, 1.807) is 25.4 Å². The van der Waals surface area contributed by atoms with Crippen LogP contribution in [-0.2, 0) is 22.8 Å². The lowest BCUT2D eigenvalue weighted by molar-refractivity contribution is 0.570. The fourth-order valence-electron chi connectivity index (χ4n) is 2.33. The quantitative estimate of drug-likeness (QED) is 0.416. The van der Waals surface area contributed by atoms with Crippen molar-refractivity contribution >= 4 is 15.8 Å². The standard InChI is InChI=1S/C17H25N5O2S/c1-18-17(19-10-3-13-22-14-4-11-21-22)20-12-9-15-5-7-16(8-6-15)25(2,23)24/h4-8,11,14H,3,9-10,12-13H2,1-2H3,(H2,18,19,20). The molecule has 136 valence electrons. The lowest BCUT2D eigenvalue weighted by atomic mass is 10.1. The number of hydrogen-bond donors (Lipinski definition) is 2. The fourth-order valence-corrected chi connectivity index (χ4v) is 2.96. The van der Waals surface area contributed by atoms with E-state index in [4.69, 9.17) is 0 Å². The molecule has 0 saturated carbocycles. The molecule has 0 aliphatic heterocycles. The smallest absolute Gasteiger partial charge is 0.190 e. The van der Waals surface area contributed by atoms with E-state index in [-0.39, 0.29) is 0 Å². The molecule has 0 atom stereocenters. The maximum Gasteiger partial charge on any atom is 0.190 e. The lowest BCUT2D eigenvalue weighted by Crippen LogP contribution is -2.39. The minimum absolute atomic E-state index is 0.346. The first-order chi connectivity index (χ1) is 12.0. The number of hydrogen-bond acceptors (Lipinski definition) is 4. The van der Waals surface area contributed by atoms with E-state index >= 15 is 0 Å². The minimum atomic E-state index is -3.14. The Morgan fingerprint density at radius 2 is 1.92 bits per heavy atom. The molecule has 25 heavy (non-hydrogen) atoms. The van der Waals surface area contributed by atoms with Gasteiger partial charge >= 0.3 is 0 Å². The van der Waals surface area contributed by atoms with E-state index < -0.39 is 9.84 Å². The van der Waals surface area contributed by atoms with Crippen LogP contribution in [0.25, 0.3) is 0 Å². The number of sulfone groups is 1. The topological polar surface area (TPSA) is 88.4 Å². The van der Waals surface area contributed by atoms with E-state index in [9.17, 15) is 8.42 Å². The highest BCUT2D eigenvalue weighted by Gasteiger charge is 2.06. The number of guanidine groups is 1. The zero-order valence-electron chi connectivity index (χ0n) is 14.6. The van der Waals surface area contributed by atoms with Gasteiger partial charge < -0.3 is 10.6 Å². The van der Waals surface area contributed by atoms with Crippen molar-refractivity contribution in [1.82, 2.24) is 20.4 Å². The molecular formula is C17H25N5O2S. The van der Waals surface area contributed by atoms with Crippen molar-refractivity contribution < 1.29 is 8.42 Å². The molecule has 1 heterocycles. The summed E-state index contributed by atoms with van der Waals surface area (Å²) in [5, 5.41) is 10.7. The van der Waals surface area contributed by atoms with Crippen LogP contribution in [0.3, 0.4) is 0 Å². The SMILES string of the molecule is CN=C(NCCCn1cccn1)NCCc1ccc(S(C)(=O)=O)cc1. The van der Waals surface area contributed by atoms with Gasteiger partial charge in [-0.1, -0.05) is 12.1 Å². The molecule has 8 heteroatoms. The Hall–Kier alpha value is -2.35. The van der Waals surface area contributed by atoms with Crippen LogP contribution in [0.1, 0.15) is 12.0 Å². The van der Waals surface area contributed by atoms with Gasteiger partial charge in [0.05, 0.1) is 4.90 Å². The third-order valence-corrected chi connectivity index (χ3v) is 4.83. The predicted octanol–water partition coefficient (Wildman–Crippen LogP) is 1.08. The van der Waals surface area contributed by atoms with Gasteiger partial charge in [0.1, 0.15) is 0 Å². The van der Waals surface area contributed by atoms with Crippen LogP contribution < -0.4 is 10.6 Å². The number of rotatable bonds is 8. The van der Waals surface area contributed by atoms with Gasteiger partial charge in [-0.05, 0) is 36.6 Å². The third kappa shape index (κ3) is 6.58. The normalized spacial score (nSPS) is 12.2. The number of aryl methyl sites for hydroxylation is 1. The van der Waals surface area contributed by atoms with Crippen molar-refractivity contribution in [2.45, 2.75) is 24.3 Å². The maximum atomic E-state index is 11.4. The van der Waals surface area contributed by atoms with Gasteiger partial charge in [0.15, 0.2) is 15.8 Å². The fraction of sp³-hybridized carbons (Fsp3) is 0.412. The van der Waals surface area contributed by atoms with E-state index in [0.29, 0.717) is 4.90 Å². The molecule has 0 radical (unpaired) electrons. The molecule has 2 rings (SSSR count). The van der Waals surface area contributed by atoms with Crippen molar-refractivity contribution in [1.29, 1.82) is 0 Å². The first-order valence-electron chi connectivity index (χ1n) is 8.20. The molecule has 0 unspecified atom stereocenters. The highest BCUT2D eigenvalue weighted by molar-refractivity contribution is 7.90. The molecule has 7 nitrogen and oxygen atoms in total. The summed E-state index contributed by atoms with van der Waals surface area (Å²) < 4.78 is 24.8. The number of nitrogens with one attached hydrogen (secondary N) is 2. The molecule has 2 N–H and O–H groups in total. The molecule has 0 saturated heterocycles. The molecule has 0 fully saturated rings. The monoisotopic (exact) mass is 363 g/mol. The van der Waals surface area contributed by atoms with Crippen LogP contribution in [-0.4, -0.2) is 50.6 Å². The highest BCUT2D eigenvalue weighted by atomic mass is 32.2. The van der Waals surface area contributed by atoms with Crippen LogP contribution >= 0.6 is 0 Å². The van der Waals surface area contributed by atoms with Crippen LogP contribution in [0.2, 0.25) is 0 Å². The van der Waals surface area contributed by atoms with Crippen LogP contribution in [0, 0.1) is 0 Å². The lowest BCUT2D eigenvalue weighted by Gasteiger charge is -2.12. The summed E-state index contributed by atoms with van der Waals surface area (Å²) in [5.74, 6) is 0.758. The highest BCUT2D eigenvalue weighted by Crippen LogP contribution is 2.10. The summed E-state index contributed by atoms with van der Waals surface area (Å²) in [7, 11) is -1.40. The molecule has 0 bridgehead atoms. The molecule has 1 aromatic carbocycles. The molecule has 0 spiro atoms. The average Bonchev–Trinajstić information content (AvgIpc) is 3.10. The number of nitrogens with zero attached hydrogens (tertiary/aromatic N) is 3. The Balaban J connectivity index is 1.68. The van der Waals surface area contributed by atoms with E-state index in [2.05, 4.69) is 20.7 Å². The van der Waals surface area contributed by atoms with Crippen molar-refractivity contribution in [3.63, 3.8) is 0 Å². The van der Waals surface area contributed by atoms with Crippen molar-refractivity contribution in [3.8, 4) is 0 Å². The zero-order valence-corrected chi connectivity index (χ0v) is 15.5. The van der Waals surface area contributed by atoms with Gasteiger partial charge in [-0.2, -0.15) is 5.10 Å². The Morgan fingerprint density at radius 3 is 2.52 bits per heavy atom. The van der Waals surface area contributed by atoms with E-state index in [1.807, 2.05) is 29.1 Å². The van der Waals surface area contributed by atoms with Gasteiger partial charge in [0, 0.05) is 45.3 Å². The number of aliphatic imine (C=N–C) groups is 1. The molecule has 0 aliphatic rings. The largest absolute Gasteiger partial charge is 0.356 e. The second kappa shape index (κ2) is 9.22. The second-order valence-electron chi connectivity index (χ2n) is 5.71. The van der Waals surface area contributed by atoms with Gasteiger partial charge in [-0.15, -0.1) is 0 Å². The minimum Gasteiger partial charge on any atom is -0.356 e. The van der Waals surface area contributed by atoms with E-state index in [0.717, 1.165) is 44.0 Å². The summed E-state index contributed by atoms with van der Waals surface area (Å²) in [6, 6.07) is 8.90. The van der Waals surface area contributed by atoms with Crippen LogP contribution in [0.5, 0.6) is 0 Å². The molecule has 2 aromatic rings. The molecule has 0 aliphatic carbocycles. The number of benzene rings is 1. The Kier molecular flexibility index (Phi) is 7.00. The first-order valence-corrected chi connectivity index (χ1v) is 10.1. The Labute approximate surface area is 149 Å². The zero-order chi connectivity index (χ0) is 18.1. The van der Waals surface area contributed by atoms with Gasteiger partial charge in [0.25, 0.3) is 0 Å². The Morgan fingerprint density at radius 1 is 1.20 bits per heavy atom. The number of aromatic nitrogens is 2. The van der Waals surface area contributed by atoms with Crippen LogP contribution in [0.15, 0.2) is 52.6 Å².